The van der Waals surface area contributed by atoms with E-state index in [9.17, 15) is 0 Å². The summed E-state index contributed by atoms with van der Waals surface area (Å²) < 4.78 is 10.8. The molecular formula is C14H20N2O2S. The summed E-state index contributed by atoms with van der Waals surface area (Å²) in [5.41, 5.74) is 7.23. The van der Waals surface area contributed by atoms with Crippen LogP contribution in [0.2, 0.25) is 0 Å². The number of ether oxygens (including phenoxy) is 2. The van der Waals surface area contributed by atoms with Gasteiger partial charge in [-0.2, -0.15) is 11.8 Å². The monoisotopic (exact) mass is 280 g/mol. The van der Waals surface area contributed by atoms with Gasteiger partial charge in [-0.05, 0) is 17.7 Å². The fraction of sp³-hybridized carbons (Fsp3) is 0.571. The standard InChI is InChI=1S/C14H20N2O2S/c1-10-8-16(4-5-19-10)12(7-15)11-2-3-13-14(6-11)18-9-17-13/h2-3,6,10,12H,4-5,7-9,15H2,1H3. The lowest BCUT2D eigenvalue weighted by Crippen LogP contribution is -2.42. The zero-order chi connectivity index (χ0) is 13.2. The normalized spacial score (nSPS) is 24.4. The maximum atomic E-state index is 6.01. The molecule has 1 aromatic rings. The number of thioether (sulfide) groups is 1. The van der Waals surface area contributed by atoms with Gasteiger partial charge in [0.25, 0.3) is 0 Å². The quantitative estimate of drug-likeness (QED) is 0.915. The lowest BCUT2D eigenvalue weighted by Gasteiger charge is -2.36. The van der Waals surface area contributed by atoms with Crippen molar-refractivity contribution in [3.05, 3.63) is 23.8 Å². The molecule has 0 saturated carbocycles. The molecule has 2 atom stereocenters. The van der Waals surface area contributed by atoms with E-state index in [1.54, 1.807) is 0 Å². The van der Waals surface area contributed by atoms with Crippen LogP contribution in [0.4, 0.5) is 0 Å². The molecule has 19 heavy (non-hydrogen) atoms. The number of benzene rings is 1. The summed E-state index contributed by atoms with van der Waals surface area (Å²) in [5.74, 6) is 2.86. The summed E-state index contributed by atoms with van der Waals surface area (Å²) in [5, 5.41) is 0.678. The van der Waals surface area contributed by atoms with Crippen molar-refractivity contribution in [1.82, 2.24) is 4.90 Å². The third kappa shape index (κ3) is 2.68. The highest BCUT2D eigenvalue weighted by molar-refractivity contribution is 7.99. The minimum absolute atomic E-state index is 0.276. The Hall–Kier alpha value is -0.910. The molecule has 0 aromatic heterocycles. The molecule has 0 aliphatic carbocycles. The summed E-state index contributed by atoms with van der Waals surface area (Å²) >= 11 is 2.04. The van der Waals surface area contributed by atoms with Crippen molar-refractivity contribution < 1.29 is 9.47 Å². The molecule has 0 amide bonds. The first-order valence-corrected chi connectivity index (χ1v) is 7.78. The first-order chi connectivity index (χ1) is 9.28. The van der Waals surface area contributed by atoms with Crippen LogP contribution in [0.25, 0.3) is 0 Å². The van der Waals surface area contributed by atoms with Gasteiger partial charge in [-0.3, -0.25) is 4.90 Å². The smallest absolute Gasteiger partial charge is 0.231 e. The van der Waals surface area contributed by atoms with E-state index in [4.69, 9.17) is 15.2 Å². The highest BCUT2D eigenvalue weighted by Crippen LogP contribution is 2.36. The van der Waals surface area contributed by atoms with Gasteiger partial charge in [0.15, 0.2) is 11.5 Å². The molecule has 2 aliphatic heterocycles. The van der Waals surface area contributed by atoms with Gasteiger partial charge in [0.1, 0.15) is 0 Å². The molecular weight excluding hydrogens is 260 g/mol. The number of hydrogen-bond donors (Lipinski definition) is 1. The second-order valence-corrected chi connectivity index (χ2v) is 6.59. The summed E-state index contributed by atoms with van der Waals surface area (Å²) in [6.07, 6.45) is 0. The van der Waals surface area contributed by atoms with Crippen LogP contribution in [0, 0.1) is 0 Å². The third-order valence-corrected chi connectivity index (χ3v) is 4.85. The van der Waals surface area contributed by atoms with Crippen LogP contribution in [-0.4, -0.2) is 42.3 Å². The summed E-state index contributed by atoms with van der Waals surface area (Å²) in [4.78, 5) is 2.48. The summed E-state index contributed by atoms with van der Waals surface area (Å²) in [6, 6.07) is 6.45. The zero-order valence-corrected chi connectivity index (χ0v) is 12.0. The third-order valence-electron chi connectivity index (χ3n) is 3.72. The van der Waals surface area contributed by atoms with E-state index in [0.29, 0.717) is 18.6 Å². The van der Waals surface area contributed by atoms with Crippen molar-refractivity contribution in [2.24, 2.45) is 5.73 Å². The predicted molar refractivity (Wildman–Crippen MR) is 77.9 cm³/mol. The Kier molecular flexibility index (Phi) is 3.86. The maximum Gasteiger partial charge on any atom is 0.231 e. The summed E-state index contributed by atoms with van der Waals surface area (Å²) in [7, 11) is 0. The predicted octanol–water partition coefficient (Wildman–Crippen LogP) is 1.85. The molecule has 2 aliphatic rings. The van der Waals surface area contributed by atoms with E-state index in [1.807, 2.05) is 17.8 Å². The van der Waals surface area contributed by atoms with Gasteiger partial charge in [0, 0.05) is 36.7 Å². The number of fused-ring (bicyclic) bond motifs is 1. The average molecular weight is 280 g/mol. The Morgan fingerprint density at radius 1 is 1.42 bits per heavy atom. The largest absolute Gasteiger partial charge is 0.454 e. The van der Waals surface area contributed by atoms with Crippen LogP contribution in [0.15, 0.2) is 18.2 Å². The molecule has 1 aromatic carbocycles. The van der Waals surface area contributed by atoms with Crippen LogP contribution < -0.4 is 15.2 Å². The molecule has 2 unspecified atom stereocenters. The number of nitrogens with zero attached hydrogens (tertiary/aromatic N) is 1. The molecule has 1 saturated heterocycles. The minimum atomic E-state index is 0.276. The molecule has 3 rings (SSSR count). The zero-order valence-electron chi connectivity index (χ0n) is 11.2. The van der Waals surface area contributed by atoms with Crippen LogP contribution in [0.5, 0.6) is 11.5 Å². The average Bonchev–Trinajstić information content (AvgIpc) is 2.87. The first kappa shape index (κ1) is 13.1. The molecule has 4 nitrogen and oxygen atoms in total. The van der Waals surface area contributed by atoms with Gasteiger partial charge in [0.05, 0.1) is 0 Å². The molecule has 2 heterocycles. The molecule has 1 fully saturated rings. The molecule has 0 radical (unpaired) electrons. The molecule has 0 bridgehead atoms. The van der Waals surface area contributed by atoms with E-state index in [2.05, 4.69) is 24.0 Å². The van der Waals surface area contributed by atoms with Crippen LogP contribution in [-0.2, 0) is 0 Å². The Labute approximate surface area is 118 Å². The van der Waals surface area contributed by atoms with E-state index >= 15 is 0 Å². The first-order valence-electron chi connectivity index (χ1n) is 6.73. The SMILES string of the molecule is CC1CN(C(CN)c2ccc3c(c2)OCO3)CCS1. The van der Waals surface area contributed by atoms with Crippen molar-refractivity contribution >= 4 is 11.8 Å². The van der Waals surface area contributed by atoms with Crippen molar-refractivity contribution in [3.8, 4) is 11.5 Å². The lowest BCUT2D eigenvalue weighted by atomic mass is 10.0. The Morgan fingerprint density at radius 3 is 3.05 bits per heavy atom. The van der Waals surface area contributed by atoms with E-state index in [1.165, 1.54) is 11.3 Å². The highest BCUT2D eigenvalue weighted by Gasteiger charge is 2.26. The second kappa shape index (κ2) is 5.61. The lowest BCUT2D eigenvalue weighted by molar-refractivity contribution is 0.173. The Bertz CT molecular complexity index is 455. The van der Waals surface area contributed by atoms with Crippen molar-refractivity contribution in [2.75, 3.05) is 32.2 Å². The van der Waals surface area contributed by atoms with Gasteiger partial charge in [-0.25, -0.2) is 0 Å². The highest BCUT2D eigenvalue weighted by atomic mass is 32.2. The van der Waals surface area contributed by atoms with Crippen molar-refractivity contribution in [2.45, 2.75) is 18.2 Å². The maximum absolute atomic E-state index is 6.01. The van der Waals surface area contributed by atoms with Crippen molar-refractivity contribution in [1.29, 1.82) is 0 Å². The van der Waals surface area contributed by atoms with Crippen LogP contribution in [0.3, 0.4) is 0 Å². The van der Waals surface area contributed by atoms with E-state index in [-0.39, 0.29) is 6.04 Å². The number of rotatable bonds is 3. The van der Waals surface area contributed by atoms with E-state index in [0.717, 1.165) is 24.6 Å². The fourth-order valence-electron chi connectivity index (χ4n) is 2.74. The molecule has 104 valence electrons. The Morgan fingerprint density at radius 2 is 2.26 bits per heavy atom. The second-order valence-electron chi connectivity index (χ2n) is 5.04. The topological polar surface area (TPSA) is 47.7 Å². The van der Waals surface area contributed by atoms with Gasteiger partial charge in [-0.15, -0.1) is 0 Å². The van der Waals surface area contributed by atoms with Gasteiger partial charge < -0.3 is 15.2 Å². The van der Waals surface area contributed by atoms with Gasteiger partial charge >= 0.3 is 0 Å². The molecule has 0 spiro atoms. The molecule has 2 N–H and O–H groups in total. The van der Waals surface area contributed by atoms with Crippen molar-refractivity contribution in [3.63, 3.8) is 0 Å². The summed E-state index contributed by atoms with van der Waals surface area (Å²) in [6.45, 7) is 5.44. The van der Waals surface area contributed by atoms with Gasteiger partial charge in [0.2, 0.25) is 6.79 Å². The van der Waals surface area contributed by atoms with Gasteiger partial charge in [-0.1, -0.05) is 13.0 Å². The number of hydrogen-bond acceptors (Lipinski definition) is 5. The minimum Gasteiger partial charge on any atom is -0.454 e. The molecule has 5 heteroatoms. The Balaban J connectivity index is 1.81. The number of nitrogens with two attached hydrogens (primary N) is 1. The van der Waals surface area contributed by atoms with Crippen LogP contribution in [0.1, 0.15) is 18.5 Å². The van der Waals surface area contributed by atoms with Crippen LogP contribution >= 0.6 is 11.8 Å². The van der Waals surface area contributed by atoms with E-state index < -0.39 is 0 Å². The fourth-order valence-corrected chi connectivity index (χ4v) is 3.78.